The molecule has 2 amide bonds. The second-order valence-corrected chi connectivity index (χ2v) is 6.85. The summed E-state index contributed by atoms with van der Waals surface area (Å²) in [7, 11) is 3.46. The van der Waals surface area contributed by atoms with Crippen LogP contribution in [0.2, 0.25) is 0 Å². The molecule has 0 aliphatic carbocycles. The minimum Gasteiger partial charge on any atom is -0.483 e. The molecule has 27 heavy (non-hydrogen) atoms. The molecular weight excluding hydrogens is 340 g/mol. The van der Waals surface area contributed by atoms with Gasteiger partial charge in [-0.2, -0.15) is 0 Å². The Balaban J connectivity index is 1.90. The van der Waals surface area contributed by atoms with Crippen molar-refractivity contribution in [2.75, 3.05) is 26.0 Å². The highest BCUT2D eigenvalue weighted by molar-refractivity contribution is 5.92. The van der Waals surface area contributed by atoms with Crippen molar-refractivity contribution in [3.8, 4) is 5.75 Å². The zero-order chi connectivity index (χ0) is 19.8. The van der Waals surface area contributed by atoms with Crippen LogP contribution in [0.4, 0.5) is 5.69 Å². The molecule has 144 valence electrons. The third kappa shape index (κ3) is 6.13. The van der Waals surface area contributed by atoms with Crippen molar-refractivity contribution in [1.29, 1.82) is 0 Å². The van der Waals surface area contributed by atoms with Crippen LogP contribution in [0.1, 0.15) is 37.3 Å². The topological polar surface area (TPSA) is 58.6 Å². The number of nitrogens with zero attached hydrogens (tertiary/aromatic N) is 1. The summed E-state index contributed by atoms with van der Waals surface area (Å²) in [6.45, 7) is 4.23. The number of hydrogen-bond acceptors (Lipinski definition) is 3. The lowest BCUT2D eigenvalue weighted by molar-refractivity contribution is -0.128. The summed E-state index contributed by atoms with van der Waals surface area (Å²) < 4.78 is 5.73. The maximum absolute atomic E-state index is 12.2. The number of para-hydroxylation sites is 1. The molecule has 0 aromatic heterocycles. The molecule has 0 bridgehead atoms. The third-order valence-electron chi connectivity index (χ3n) is 4.51. The number of ether oxygens (including phenoxy) is 1. The van der Waals surface area contributed by atoms with E-state index >= 15 is 0 Å². The molecule has 0 saturated carbocycles. The van der Waals surface area contributed by atoms with Crippen molar-refractivity contribution in [3.05, 3.63) is 59.7 Å². The lowest BCUT2D eigenvalue weighted by Gasteiger charge is -2.15. The molecule has 0 aliphatic rings. The van der Waals surface area contributed by atoms with Gasteiger partial charge in [-0.3, -0.25) is 9.59 Å². The highest BCUT2D eigenvalue weighted by Crippen LogP contribution is 2.28. The fourth-order valence-corrected chi connectivity index (χ4v) is 2.62. The average molecular weight is 368 g/mol. The molecule has 0 aliphatic heterocycles. The van der Waals surface area contributed by atoms with Crippen LogP contribution in [0.3, 0.4) is 0 Å². The molecule has 1 N–H and O–H groups in total. The fourth-order valence-electron chi connectivity index (χ4n) is 2.62. The standard InChI is InChI=1S/C22H28N2O3/c1-5-16(2)19-8-6-7-9-20(19)27-15-21(25)23-18-12-10-17(11-13-18)14-22(26)24(3)4/h6-13,16H,5,14-15H2,1-4H3,(H,23,25). The van der Waals surface area contributed by atoms with Gasteiger partial charge in [-0.05, 0) is 41.7 Å². The summed E-state index contributed by atoms with van der Waals surface area (Å²) in [4.78, 5) is 25.5. The van der Waals surface area contributed by atoms with Gasteiger partial charge < -0.3 is 15.0 Å². The van der Waals surface area contributed by atoms with Gasteiger partial charge in [-0.25, -0.2) is 0 Å². The van der Waals surface area contributed by atoms with Crippen molar-refractivity contribution in [1.82, 2.24) is 4.90 Å². The van der Waals surface area contributed by atoms with Crippen LogP contribution in [-0.4, -0.2) is 37.4 Å². The third-order valence-corrected chi connectivity index (χ3v) is 4.51. The number of carbonyl (C=O) groups is 2. The number of nitrogens with one attached hydrogen (secondary N) is 1. The van der Waals surface area contributed by atoms with Crippen molar-refractivity contribution >= 4 is 17.5 Å². The summed E-state index contributed by atoms with van der Waals surface area (Å²) in [5.74, 6) is 0.951. The van der Waals surface area contributed by atoms with Gasteiger partial charge in [-0.1, -0.05) is 44.2 Å². The number of anilines is 1. The van der Waals surface area contributed by atoms with E-state index in [0.717, 1.165) is 23.3 Å². The summed E-state index contributed by atoms with van der Waals surface area (Å²) >= 11 is 0. The summed E-state index contributed by atoms with van der Waals surface area (Å²) in [5.41, 5.74) is 2.70. The average Bonchev–Trinajstić information content (AvgIpc) is 2.67. The SMILES string of the molecule is CCC(C)c1ccccc1OCC(=O)Nc1ccc(CC(=O)N(C)C)cc1. The maximum atomic E-state index is 12.2. The number of carbonyl (C=O) groups excluding carboxylic acids is 2. The Morgan fingerprint density at radius 1 is 1.07 bits per heavy atom. The van der Waals surface area contributed by atoms with Gasteiger partial charge in [0.2, 0.25) is 5.91 Å². The van der Waals surface area contributed by atoms with E-state index in [9.17, 15) is 9.59 Å². The predicted octanol–water partition coefficient (Wildman–Crippen LogP) is 3.85. The first kappa shape index (κ1) is 20.5. The van der Waals surface area contributed by atoms with Crippen LogP contribution in [0, 0.1) is 0 Å². The number of rotatable bonds is 8. The molecule has 0 spiro atoms. The molecule has 0 saturated heterocycles. The molecule has 0 heterocycles. The predicted molar refractivity (Wildman–Crippen MR) is 108 cm³/mol. The minimum atomic E-state index is -0.217. The zero-order valence-corrected chi connectivity index (χ0v) is 16.5. The van der Waals surface area contributed by atoms with E-state index in [2.05, 4.69) is 19.2 Å². The highest BCUT2D eigenvalue weighted by Gasteiger charge is 2.11. The molecule has 0 fully saturated rings. The molecule has 0 radical (unpaired) electrons. The molecule has 2 rings (SSSR count). The summed E-state index contributed by atoms with van der Waals surface area (Å²) in [5, 5.41) is 2.82. The number of likely N-dealkylation sites (N-methyl/N-ethyl adjacent to an activating group) is 1. The van der Waals surface area contributed by atoms with Crippen LogP contribution in [0.5, 0.6) is 5.75 Å². The maximum Gasteiger partial charge on any atom is 0.262 e. The van der Waals surface area contributed by atoms with E-state index in [1.807, 2.05) is 36.4 Å². The Labute approximate surface area is 161 Å². The van der Waals surface area contributed by atoms with Gasteiger partial charge in [0.05, 0.1) is 6.42 Å². The lowest BCUT2D eigenvalue weighted by atomic mass is 9.98. The van der Waals surface area contributed by atoms with Gasteiger partial charge in [0, 0.05) is 19.8 Å². The van der Waals surface area contributed by atoms with E-state index < -0.39 is 0 Å². The largest absolute Gasteiger partial charge is 0.483 e. The van der Waals surface area contributed by atoms with Crippen LogP contribution in [-0.2, 0) is 16.0 Å². The van der Waals surface area contributed by atoms with Crippen LogP contribution in [0.15, 0.2) is 48.5 Å². The highest BCUT2D eigenvalue weighted by atomic mass is 16.5. The van der Waals surface area contributed by atoms with E-state index in [-0.39, 0.29) is 18.4 Å². The molecule has 1 atom stereocenters. The second kappa shape index (κ2) is 9.76. The smallest absolute Gasteiger partial charge is 0.262 e. The fraction of sp³-hybridized carbons (Fsp3) is 0.364. The summed E-state index contributed by atoms with van der Waals surface area (Å²) in [6, 6.07) is 15.1. The Hall–Kier alpha value is -2.82. The quantitative estimate of drug-likeness (QED) is 0.770. The van der Waals surface area contributed by atoms with E-state index in [1.54, 1.807) is 31.1 Å². The Morgan fingerprint density at radius 3 is 2.37 bits per heavy atom. The van der Waals surface area contributed by atoms with Crippen molar-refractivity contribution in [2.45, 2.75) is 32.6 Å². The molecule has 1 unspecified atom stereocenters. The van der Waals surface area contributed by atoms with Crippen LogP contribution in [0.25, 0.3) is 0 Å². The lowest BCUT2D eigenvalue weighted by Crippen LogP contribution is -2.23. The van der Waals surface area contributed by atoms with Crippen LogP contribution >= 0.6 is 0 Å². The zero-order valence-electron chi connectivity index (χ0n) is 16.5. The van der Waals surface area contributed by atoms with Crippen molar-refractivity contribution < 1.29 is 14.3 Å². The Bertz CT molecular complexity index is 769. The second-order valence-electron chi connectivity index (χ2n) is 6.85. The number of benzene rings is 2. The van der Waals surface area contributed by atoms with E-state index in [0.29, 0.717) is 18.0 Å². The first-order valence-corrected chi connectivity index (χ1v) is 9.21. The van der Waals surface area contributed by atoms with E-state index in [1.165, 1.54) is 0 Å². The molecular formula is C22H28N2O3. The van der Waals surface area contributed by atoms with Gasteiger partial charge in [0.15, 0.2) is 6.61 Å². The molecule has 5 heteroatoms. The van der Waals surface area contributed by atoms with Gasteiger partial charge in [0.1, 0.15) is 5.75 Å². The molecule has 2 aromatic carbocycles. The van der Waals surface area contributed by atoms with Gasteiger partial charge >= 0.3 is 0 Å². The van der Waals surface area contributed by atoms with Crippen LogP contribution < -0.4 is 10.1 Å². The number of amides is 2. The van der Waals surface area contributed by atoms with E-state index in [4.69, 9.17) is 4.74 Å². The van der Waals surface area contributed by atoms with Gasteiger partial charge in [-0.15, -0.1) is 0 Å². The van der Waals surface area contributed by atoms with Crippen molar-refractivity contribution in [2.24, 2.45) is 0 Å². The first-order valence-electron chi connectivity index (χ1n) is 9.21. The Kier molecular flexibility index (Phi) is 7.41. The summed E-state index contributed by atoms with van der Waals surface area (Å²) in [6.07, 6.45) is 1.35. The first-order chi connectivity index (χ1) is 12.9. The monoisotopic (exact) mass is 368 g/mol. The molecule has 5 nitrogen and oxygen atoms in total. The minimum absolute atomic E-state index is 0.0418. The normalized spacial score (nSPS) is 11.6. The van der Waals surface area contributed by atoms with Crippen molar-refractivity contribution in [3.63, 3.8) is 0 Å². The van der Waals surface area contributed by atoms with Gasteiger partial charge in [0.25, 0.3) is 5.91 Å². The number of hydrogen-bond donors (Lipinski definition) is 1. The molecule has 2 aromatic rings. The Morgan fingerprint density at radius 2 is 1.74 bits per heavy atom.